The van der Waals surface area contributed by atoms with Crippen molar-refractivity contribution < 1.29 is 36.6 Å². The number of ketones is 2. The molecule has 1 radical (unpaired) electrons. The molecule has 0 aromatic carbocycles. The van der Waals surface area contributed by atoms with E-state index < -0.39 is 0 Å². The van der Waals surface area contributed by atoms with Crippen molar-refractivity contribution in [3.05, 3.63) is 23.7 Å². The maximum atomic E-state index is 10.0. The maximum absolute atomic E-state index is 10.0. The van der Waals surface area contributed by atoms with Gasteiger partial charge in [0.2, 0.25) is 0 Å². The van der Waals surface area contributed by atoms with Crippen LogP contribution in [0.15, 0.2) is 23.7 Å². The average molecular weight is 259 g/mol. The molecule has 4 nitrogen and oxygen atoms in total. The summed E-state index contributed by atoms with van der Waals surface area (Å²) < 4.78 is 0. The Labute approximate surface area is 99.9 Å². The van der Waals surface area contributed by atoms with Crippen LogP contribution >= 0.6 is 0 Å². The monoisotopic (exact) mass is 259 g/mol. The molecule has 0 spiro atoms. The molecule has 0 aliphatic rings. The fourth-order valence-corrected chi connectivity index (χ4v) is 0.588. The molecule has 0 unspecified atom stereocenters. The van der Waals surface area contributed by atoms with E-state index >= 15 is 0 Å². The van der Waals surface area contributed by atoms with E-state index in [1.807, 2.05) is 0 Å². The van der Waals surface area contributed by atoms with Gasteiger partial charge in [-0.3, -0.25) is 9.59 Å². The van der Waals surface area contributed by atoms with E-state index in [9.17, 15) is 9.59 Å². The SMILES string of the molecule is CC(=O)/C=C(\C)O.CC(=O)/C=C(\C)O.[Co]. The Balaban J connectivity index is -0.000000180. The zero-order valence-corrected chi connectivity index (χ0v) is 10.2. The van der Waals surface area contributed by atoms with Crippen LogP contribution in [0, 0.1) is 0 Å². The molecule has 89 valence electrons. The first-order chi connectivity index (χ1) is 6.25. The Hall–Kier alpha value is -1.07. The number of aliphatic hydroxyl groups excluding tert-OH is 2. The van der Waals surface area contributed by atoms with Crippen LogP contribution in [-0.4, -0.2) is 21.8 Å². The number of carbonyl (C=O) groups excluding carboxylic acids is 2. The van der Waals surface area contributed by atoms with Crippen LogP contribution in [0.25, 0.3) is 0 Å². The summed E-state index contributed by atoms with van der Waals surface area (Å²) in [5.41, 5.74) is 0. The minimum atomic E-state index is -0.125. The summed E-state index contributed by atoms with van der Waals surface area (Å²) in [7, 11) is 0. The summed E-state index contributed by atoms with van der Waals surface area (Å²) in [6, 6.07) is 0. The number of rotatable bonds is 2. The summed E-state index contributed by atoms with van der Waals surface area (Å²) in [6.45, 7) is 5.70. The Morgan fingerprint density at radius 2 is 1.00 bits per heavy atom. The minimum Gasteiger partial charge on any atom is -0.512 e. The van der Waals surface area contributed by atoms with Crippen molar-refractivity contribution in [2.75, 3.05) is 0 Å². The van der Waals surface area contributed by atoms with E-state index in [-0.39, 0.29) is 39.9 Å². The predicted molar refractivity (Wildman–Crippen MR) is 54.1 cm³/mol. The van der Waals surface area contributed by atoms with Gasteiger partial charge in [-0.25, -0.2) is 0 Å². The van der Waals surface area contributed by atoms with Gasteiger partial charge in [0.1, 0.15) is 0 Å². The Morgan fingerprint density at radius 1 is 0.800 bits per heavy atom. The van der Waals surface area contributed by atoms with Gasteiger partial charge in [0.15, 0.2) is 11.6 Å². The summed E-state index contributed by atoms with van der Waals surface area (Å²) >= 11 is 0. The Kier molecular flexibility index (Phi) is 14.3. The molecular formula is C10H16CoO4. The molecule has 0 aliphatic heterocycles. The molecule has 0 bridgehead atoms. The second kappa shape index (κ2) is 11.0. The number of carbonyl (C=O) groups is 2. The molecule has 0 atom stereocenters. The van der Waals surface area contributed by atoms with Gasteiger partial charge in [-0.1, -0.05) is 0 Å². The van der Waals surface area contributed by atoms with Crippen LogP contribution < -0.4 is 0 Å². The van der Waals surface area contributed by atoms with E-state index in [1.165, 1.54) is 39.8 Å². The Bertz CT molecular complexity index is 231. The fraction of sp³-hybridized carbons (Fsp3) is 0.400. The quantitative estimate of drug-likeness (QED) is 0.588. The molecule has 0 rings (SSSR count). The van der Waals surface area contributed by atoms with Crippen LogP contribution in [0.2, 0.25) is 0 Å². The molecule has 0 aromatic rings. The molecule has 2 N–H and O–H groups in total. The van der Waals surface area contributed by atoms with Crippen LogP contribution in [0.5, 0.6) is 0 Å². The number of aliphatic hydroxyl groups is 2. The van der Waals surface area contributed by atoms with Gasteiger partial charge >= 0.3 is 0 Å². The van der Waals surface area contributed by atoms with E-state index in [2.05, 4.69) is 0 Å². The van der Waals surface area contributed by atoms with Crippen molar-refractivity contribution in [1.29, 1.82) is 0 Å². The van der Waals surface area contributed by atoms with Crippen LogP contribution in [0.1, 0.15) is 27.7 Å². The first-order valence-electron chi connectivity index (χ1n) is 4.01. The number of allylic oxidation sites excluding steroid dienone is 4. The molecular weight excluding hydrogens is 243 g/mol. The topological polar surface area (TPSA) is 74.6 Å². The second-order valence-electron chi connectivity index (χ2n) is 2.79. The van der Waals surface area contributed by atoms with Gasteiger partial charge in [-0.05, 0) is 27.7 Å². The van der Waals surface area contributed by atoms with Crippen LogP contribution in [0.4, 0.5) is 0 Å². The summed E-state index contributed by atoms with van der Waals surface area (Å²) in [6.07, 6.45) is 2.33. The zero-order chi connectivity index (χ0) is 11.7. The number of hydrogen-bond acceptors (Lipinski definition) is 4. The summed E-state index contributed by atoms with van der Waals surface area (Å²) in [4.78, 5) is 20.0. The standard InChI is InChI=1S/2C5H8O2.Co/c2*1-4(6)3-5(2)7;/h2*3,6H,1-2H3;/b2*4-3+;. The first kappa shape index (κ1) is 19.5. The van der Waals surface area contributed by atoms with Gasteiger partial charge in [0, 0.05) is 28.9 Å². The van der Waals surface area contributed by atoms with E-state index in [4.69, 9.17) is 10.2 Å². The molecule has 5 heteroatoms. The van der Waals surface area contributed by atoms with Crippen molar-refractivity contribution in [2.45, 2.75) is 27.7 Å². The van der Waals surface area contributed by atoms with E-state index in [1.54, 1.807) is 0 Å². The molecule has 0 aromatic heterocycles. The van der Waals surface area contributed by atoms with E-state index in [0.717, 1.165) is 0 Å². The largest absolute Gasteiger partial charge is 0.512 e. The van der Waals surface area contributed by atoms with Gasteiger partial charge in [-0.2, -0.15) is 0 Å². The maximum Gasteiger partial charge on any atom is 0.155 e. The van der Waals surface area contributed by atoms with Gasteiger partial charge < -0.3 is 10.2 Å². The third-order valence-electron chi connectivity index (χ3n) is 0.824. The third-order valence-corrected chi connectivity index (χ3v) is 0.824. The van der Waals surface area contributed by atoms with E-state index in [0.29, 0.717) is 0 Å². The minimum absolute atomic E-state index is 0. The molecule has 0 saturated carbocycles. The molecule has 0 aliphatic carbocycles. The second-order valence-corrected chi connectivity index (χ2v) is 2.79. The van der Waals surface area contributed by atoms with Gasteiger partial charge in [0.25, 0.3) is 0 Å². The normalized spacial score (nSPS) is 10.7. The molecule has 0 saturated heterocycles. The predicted octanol–water partition coefficient (Wildman–Crippen LogP) is 2.07. The van der Waals surface area contributed by atoms with Crippen molar-refractivity contribution >= 4 is 11.6 Å². The van der Waals surface area contributed by atoms with Gasteiger partial charge in [0.05, 0.1) is 11.5 Å². The number of hydrogen-bond donors (Lipinski definition) is 2. The Morgan fingerprint density at radius 3 is 1.00 bits per heavy atom. The third kappa shape index (κ3) is 32.2. The van der Waals surface area contributed by atoms with Crippen molar-refractivity contribution in [3.63, 3.8) is 0 Å². The van der Waals surface area contributed by atoms with Crippen molar-refractivity contribution in [1.82, 2.24) is 0 Å². The molecule has 0 fully saturated rings. The summed E-state index contributed by atoms with van der Waals surface area (Å²) in [5, 5.41) is 16.7. The molecule has 15 heavy (non-hydrogen) atoms. The molecule has 0 amide bonds. The van der Waals surface area contributed by atoms with Crippen molar-refractivity contribution in [2.24, 2.45) is 0 Å². The smallest absolute Gasteiger partial charge is 0.155 e. The fourth-order valence-electron chi connectivity index (χ4n) is 0.588. The van der Waals surface area contributed by atoms with Gasteiger partial charge in [-0.15, -0.1) is 0 Å². The first-order valence-corrected chi connectivity index (χ1v) is 4.01. The van der Waals surface area contributed by atoms with Crippen LogP contribution in [0.3, 0.4) is 0 Å². The van der Waals surface area contributed by atoms with Crippen LogP contribution in [-0.2, 0) is 26.4 Å². The molecule has 0 heterocycles. The summed E-state index contributed by atoms with van der Waals surface area (Å²) in [5.74, 6) is -0.125. The van der Waals surface area contributed by atoms with Crippen molar-refractivity contribution in [3.8, 4) is 0 Å². The average Bonchev–Trinajstić information content (AvgIpc) is 1.79. The zero-order valence-electron chi connectivity index (χ0n) is 9.20.